The minimum absolute atomic E-state index is 0.278. The minimum atomic E-state index is -0.278. The van der Waals surface area contributed by atoms with Crippen LogP contribution in [0.3, 0.4) is 0 Å². The third-order valence-electron chi connectivity index (χ3n) is 3.10. The Morgan fingerprint density at radius 2 is 2.10 bits per heavy atom. The van der Waals surface area contributed by atoms with E-state index in [1.54, 1.807) is 25.2 Å². The molecule has 0 fully saturated rings. The molecule has 0 aliphatic carbocycles. The largest absolute Gasteiger partial charge is 0.361 e. The van der Waals surface area contributed by atoms with Crippen LogP contribution in [0.25, 0.3) is 0 Å². The van der Waals surface area contributed by atoms with E-state index in [2.05, 4.69) is 10.5 Å². The van der Waals surface area contributed by atoms with E-state index in [1.807, 2.05) is 13.8 Å². The van der Waals surface area contributed by atoms with Gasteiger partial charge in [0.25, 0.3) is 0 Å². The predicted octanol–water partition coefficient (Wildman–Crippen LogP) is 4.26. The molecule has 0 saturated carbocycles. The number of hydrogen-bond acceptors (Lipinski definition) is 3. The van der Waals surface area contributed by atoms with Gasteiger partial charge >= 0.3 is 6.03 Å². The van der Waals surface area contributed by atoms with Crippen LogP contribution in [0.15, 0.2) is 22.7 Å². The Hall–Kier alpha value is -1.72. The van der Waals surface area contributed by atoms with Crippen molar-refractivity contribution >= 4 is 34.9 Å². The van der Waals surface area contributed by atoms with E-state index in [9.17, 15) is 4.79 Å². The highest BCUT2D eigenvalue weighted by Gasteiger charge is 2.16. The summed E-state index contributed by atoms with van der Waals surface area (Å²) in [5.41, 5.74) is 2.18. The third-order valence-corrected chi connectivity index (χ3v) is 3.64. The van der Waals surface area contributed by atoms with Crippen LogP contribution < -0.4 is 5.32 Å². The number of aryl methyl sites for hydroxylation is 2. The number of carbonyl (C=O) groups excluding carboxylic acids is 1. The van der Waals surface area contributed by atoms with Gasteiger partial charge in [0, 0.05) is 17.6 Å². The van der Waals surface area contributed by atoms with Gasteiger partial charge < -0.3 is 14.7 Å². The maximum Gasteiger partial charge on any atom is 0.321 e. The van der Waals surface area contributed by atoms with Crippen molar-refractivity contribution in [2.45, 2.75) is 20.4 Å². The molecule has 21 heavy (non-hydrogen) atoms. The second kappa shape index (κ2) is 6.37. The number of rotatable bonds is 3. The van der Waals surface area contributed by atoms with Gasteiger partial charge in [0.05, 0.1) is 22.9 Å². The lowest BCUT2D eigenvalue weighted by atomic mass is 10.2. The summed E-state index contributed by atoms with van der Waals surface area (Å²) in [6.07, 6.45) is 0. The van der Waals surface area contributed by atoms with Gasteiger partial charge in [0.2, 0.25) is 0 Å². The van der Waals surface area contributed by atoms with Gasteiger partial charge in [0.15, 0.2) is 0 Å². The van der Waals surface area contributed by atoms with E-state index in [4.69, 9.17) is 27.7 Å². The molecule has 0 bridgehead atoms. The van der Waals surface area contributed by atoms with Crippen molar-refractivity contribution in [3.8, 4) is 0 Å². The number of halogens is 2. The van der Waals surface area contributed by atoms with Crippen LogP contribution in [0.4, 0.5) is 10.5 Å². The number of benzene rings is 1. The summed E-state index contributed by atoms with van der Waals surface area (Å²) in [6, 6.07) is 4.62. The summed E-state index contributed by atoms with van der Waals surface area (Å²) in [6.45, 7) is 4.06. The number of aromatic nitrogens is 1. The highest BCUT2D eigenvalue weighted by molar-refractivity contribution is 6.36. The number of hydrogen-bond donors (Lipinski definition) is 1. The molecule has 1 heterocycles. The Morgan fingerprint density at radius 3 is 2.67 bits per heavy atom. The zero-order valence-electron chi connectivity index (χ0n) is 11.9. The molecule has 0 radical (unpaired) electrons. The quantitative estimate of drug-likeness (QED) is 0.916. The lowest BCUT2D eigenvalue weighted by molar-refractivity contribution is 0.220. The fourth-order valence-electron chi connectivity index (χ4n) is 1.84. The van der Waals surface area contributed by atoms with Gasteiger partial charge in [-0.05, 0) is 32.0 Å². The van der Waals surface area contributed by atoms with Crippen LogP contribution >= 0.6 is 23.2 Å². The Labute approximate surface area is 132 Å². The van der Waals surface area contributed by atoms with Gasteiger partial charge in [0.1, 0.15) is 5.76 Å². The van der Waals surface area contributed by atoms with Crippen molar-refractivity contribution in [1.82, 2.24) is 10.1 Å². The van der Waals surface area contributed by atoms with Crippen molar-refractivity contribution in [3.05, 3.63) is 45.3 Å². The van der Waals surface area contributed by atoms with Crippen LogP contribution in [0.1, 0.15) is 17.0 Å². The molecule has 1 aromatic heterocycles. The Morgan fingerprint density at radius 1 is 1.38 bits per heavy atom. The first kappa shape index (κ1) is 15.7. The molecular weight excluding hydrogens is 313 g/mol. The van der Waals surface area contributed by atoms with Gasteiger partial charge in [-0.1, -0.05) is 28.4 Å². The lowest BCUT2D eigenvalue weighted by Gasteiger charge is -2.18. The van der Waals surface area contributed by atoms with Crippen molar-refractivity contribution < 1.29 is 9.32 Å². The molecule has 0 aliphatic rings. The predicted molar refractivity (Wildman–Crippen MR) is 82.9 cm³/mol. The second-order valence-electron chi connectivity index (χ2n) is 4.71. The van der Waals surface area contributed by atoms with E-state index in [1.165, 1.54) is 4.90 Å². The van der Waals surface area contributed by atoms with Gasteiger partial charge in [-0.15, -0.1) is 0 Å². The molecule has 112 valence electrons. The van der Waals surface area contributed by atoms with E-state index >= 15 is 0 Å². The van der Waals surface area contributed by atoms with Crippen LogP contribution in [-0.2, 0) is 6.54 Å². The van der Waals surface area contributed by atoms with Gasteiger partial charge in [-0.2, -0.15) is 0 Å². The van der Waals surface area contributed by atoms with Crippen molar-refractivity contribution in [2.75, 3.05) is 12.4 Å². The summed E-state index contributed by atoms with van der Waals surface area (Å²) in [4.78, 5) is 13.7. The summed E-state index contributed by atoms with van der Waals surface area (Å²) < 4.78 is 5.08. The maximum atomic E-state index is 12.2. The van der Waals surface area contributed by atoms with Crippen LogP contribution in [0.5, 0.6) is 0 Å². The summed E-state index contributed by atoms with van der Waals surface area (Å²) in [7, 11) is 1.69. The maximum absolute atomic E-state index is 12.2. The highest BCUT2D eigenvalue weighted by atomic mass is 35.5. The number of nitrogens with one attached hydrogen (secondary N) is 1. The fraction of sp³-hybridized carbons (Fsp3) is 0.286. The monoisotopic (exact) mass is 327 g/mol. The van der Waals surface area contributed by atoms with Crippen molar-refractivity contribution in [2.24, 2.45) is 0 Å². The molecule has 7 heteroatoms. The number of urea groups is 1. The first-order valence-corrected chi connectivity index (χ1v) is 7.03. The normalized spacial score (nSPS) is 10.5. The van der Waals surface area contributed by atoms with Crippen molar-refractivity contribution in [3.63, 3.8) is 0 Å². The average Bonchev–Trinajstić information content (AvgIpc) is 2.73. The smallest absolute Gasteiger partial charge is 0.321 e. The van der Waals surface area contributed by atoms with Gasteiger partial charge in [-0.25, -0.2) is 4.79 Å². The first-order chi connectivity index (χ1) is 9.88. The summed E-state index contributed by atoms with van der Waals surface area (Å²) in [5, 5.41) is 7.51. The third kappa shape index (κ3) is 3.68. The molecule has 0 atom stereocenters. The molecule has 0 saturated heterocycles. The lowest BCUT2D eigenvalue weighted by Crippen LogP contribution is -2.31. The van der Waals surface area contributed by atoms with Crippen LogP contribution in [0, 0.1) is 13.8 Å². The second-order valence-corrected chi connectivity index (χ2v) is 5.56. The Balaban J connectivity index is 2.06. The Kier molecular flexibility index (Phi) is 4.75. The highest BCUT2D eigenvalue weighted by Crippen LogP contribution is 2.25. The molecule has 1 N–H and O–H groups in total. The molecule has 2 rings (SSSR count). The SMILES string of the molecule is Cc1noc(C)c1CN(C)C(=O)Nc1ccc(Cl)cc1Cl. The molecule has 1 aromatic carbocycles. The summed E-state index contributed by atoms with van der Waals surface area (Å²) in [5.74, 6) is 0.705. The first-order valence-electron chi connectivity index (χ1n) is 6.27. The molecule has 0 spiro atoms. The van der Waals surface area contributed by atoms with Crippen LogP contribution in [-0.4, -0.2) is 23.1 Å². The number of anilines is 1. The molecule has 5 nitrogen and oxygen atoms in total. The van der Waals surface area contributed by atoms with E-state index in [0.29, 0.717) is 28.0 Å². The fourth-order valence-corrected chi connectivity index (χ4v) is 2.29. The van der Waals surface area contributed by atoms with Gasteiger partial charge in [-0.3, -0.25) is 0 Å². The average molecular weight is 328 g/mol. The van der Waals surface area contributed by atoms with E-state index < -0.39 is 0 Å². The Bertz CT molecular complexity index is 651. The standard InChI is InChI=1S/C14H15Cl2N3O2/c1-8-11(9(2)21-18-8)7-19(3)14(20)17-13-5-4-10(15)6-12(13)16/h4-6H,7H2,1-3H3,(H,17,20). The van der Waals surface area contributed by atoms with E-state index in [0.717, 1.165) is 11.3 Å². The summed E-state index contributed by atoms with van der Waals surface area (Å²) >= 11 is 11.8. The van der Waals surface area contributed by atoms with Crippen LogP contribution in [0.2, 0.25) is 10.0 Å². The topological polar surface area (TPSA) is 58.4 Å². The zero-order valence-corrected chi connectivity index (χ0v) is 13.4. The number of carbonyl (C=O) groups is 1. The van der Waals surface area contributed by atoms with Crippen molar-refractivity contribution in [1.29, 1.82) is 0 Å². The molecule has 2 amide bonds. The molecule has 0 unspecified atom stereocenters. The molecule has 2 aromatic rings. The molecular formula is C14H15Cl2N3O2. The van der Waals surface area contributed by atoms with E-state index in [-0.39, 0.29) is 6.03 Å². The zero-order chi connectivity index (χ0) is 15.6. The number of amides is 2. The molecule has 0 aliphatic heterocycles. The minimum Gasteiger partial charge on any atom is -0.361 e. The number of nitrogens with zero attached hydrogens (tertiary/aromatic N) is 2.